The summed E-state index contributed by atoms with van der Waals surface area (Å²) in [4.78, 5) is 7.81. The van der Waals surface area contributed by atoms with Crippen LogP contribution < -0.4 is 11.1 Å². The number of hydrogen-bond acceptors (Lipinski definition) is 4. The van der Waals surface area contributed by atoms with Gasteiger partial charge in [-0.05, 0) is 24.6 Å². The van der Waals surface area contributed by atoms with Gasteiger partial charge in [0.15, 0.2) is 0 Å². The van der Waals surface area contributed by atoms with Gasteiger partial charge in [-0.25, -0.2) is 4.98 Å². The van der Waals surface area contributed by atoms with E-state index in [0.29, 0.717) is 11.4 Å². The maximum absolute atomic E-state index is 12.6. The molecular formula is C13H13F3N4. The van der Waals surface area contributed by atoms with Crippen molar-refractivity contribution >= 4 is 11.8 Å². The highest BCUT2D eigenvalue weighted by Gasteiger charge is 2.30. The van der Waals surface area contributed by atoms with Crippen LogP contribution in [0.2, 0.25) is 0 Å². The summed E-state index contributed by atoms with van der Waals surface area (Å²) in [5, 5.41) is 2.95. The number of nitrogen functional groups attached to an aromatic ring is 1. The summed E-state index contributed by atoms with van der Waals surface area (Å²) in [7, 11) is 0. The minimum absolute atomic E-state index is 0.113. The third-order valence-electron chi connectivity index (χ3n) is 2.70. The number of nitrogens with one attached hydrogen (secondary N) is 1. The number of hydrogen-bond donors (Lipinski definition) is 2. The standard InChI is InChI=1S/C13H13F3N4/c1-8-6-19-12(17)20-11(8)18-7-9-3-2-4-10(5-9)13(14,15)16/h2-6H,7H2,1H3,(H3,17,18,19,20). The Labute approximate surface area is 113 Å². The molecule has 7 heteroatoms. The molecule has 0 amide bonds. The normalized spacial score (nSPS) is 11.4. The van der Waals surface area contributed by atoms with E-state index < -0.39 is 11.7 Å². The van der Waals surface area contributed by atoms with Crippen molar-refractivity contribution in [1.82, 2.24) is 9.97 Å². The second-order valence-corrected chi connectivity index (χ2v) is 4.31. The van der Waals surface area contributed by atoms with Crippen LogP contribution in [0.4, 0.5) is 24.9 Å². The lowest BCUT2D eigenvalue weighted by molar-refractivity contribution is -0.137. The fourth-order valence-corrected chi connectivity index (χ4v) is 1.68. The third-order valence-corrected chi connectivity index (χ3v) is 2.70. The van der Waals surface area contributed by atoms with Crippen molar-refractivity contribution < 1.29 is 13.2 Å². The van der Waals surface area contributed by atoms with E-state index in [1.807, 2.05) is 0 Å². The maximum atomic E-state index is 12.6. The highest BCUT2D eigenvalue weighted by atomic mass is 19.4. The van der Waals surface area contributed by atoms with Crippen LogP contribution in [0.3, 0.4) is 0 Å². The highest BCUT2D eigenvalue weighted by molar-refractivity contribution is 5.45. The van der Waals surface area contributed by atoms with Crippen LogP contribution in [-0.2, 0) is 12.7 Å². The predicted molar refractivity (Wildman–Crippen MR) is 70.0 cm³/mol. The maximum Gasteiger partial charge on any atom is 0.416 e. The molecule has 1 aromatic carbocycles. The van der Waals surface area contributed by atoms with Crippen LogP contribution >= 0.6 is 0 Å². The molecule has 4 nitrogen and oxygen atoms in total. The molecule has 0 unspecified atom stereocenters. The monoisotopic (exact) mass is 282 g/mol. The molecular weight excluding hydrogens is 269 g/mol. The van der Waals surface area contributed by atoms with Gasteiger partial charge >= 0.3 is 6.18 Å². The van der Waals surface area contributed by atoms with Crippen molar-refractivity contribution in [3.8, 4) is 0 Å². The smallest absolute Gasteiger partial charge is 0.368 e. The first kappa shape index (κ1) is 14.1. The van der Waals surface area contributed by atoms with Crippen LogP contribution in [0, 0.1) is 6.92 Å². The van der Waals surface area contributed by atoms with Crippen LogP contribution in [0.15, 0.2) is 30.5 Å². The highest BCUT2D eigenvalue weighted by Crippen LogP contribution is 2.29. The SMILES string of the molecule is Cc1cnc(N)nc1NCc1cccc(C(F)(F)F)c1. The molecule has 3 N–H and O–H groups in total. The minimum atomic E-state index is -4.34. The van der Waals surface area contributed by atoms with Crippen molar-refractivity contribution in [2.45, 2.75) is 19.6 Å². The number of alkyl halides is 3. The zero-order valence-electron chi connectivity index (χ0n) is 10.7. The van der Waals surface area contributed by atoms with E-state index in [0.717, 1.165) is 17.7 Å². The third kappa shape index (κ3) is 3.37. The van der Waals surface area contributed by atoms with Gasteiger partial charge in [0.05, 0.1) is 5.56 Å². The van der Waals surface area contributed by atoms with E-state index in [9.17, 15) is 13.2 Å². The summed E-state index contributed by atoms with van der Waals surface area (Å²) in [6, 6.07) is 5.13. The van der Waals surface area contributed by atoms with Crippen molar-refractivity contribution in [2.75, 3.05) is 11.1 Å². The van der Waals surface area contributed by atoms with E-state index in [4.69, 9.17) is 5.73 Å². The Bertz CT molecular complexity index is 611. The van der Waals surface area contributed by atoms with E-state index >= 15 is 0 Å². The largest absolute Gasteiger partial charge is 0.416 e. The summed E-state index contributed by atoms with van der Waals surface area (Å²) in [6.07, 6.45) is -2.79. The summed E-state index contributed by atoms with van der Waals surface area (Å²) in [5.74, 6) is 0.622. The average molecular weight is 282 g/mol. The molecule has 106 valence electrons. The molecule has 1 heterocycles. The number of aryl methyl sites for hydroxylation is 1. The molecule has 0 radical (unpaired) electrons. The van der Waals surface area contributed by atoms with Crippen molar-refractivity contribution in [3.63, 3.8) is 0 Å². The summed E-state index contributed by atoms with van der Waals surface area (Å²) >= 11 is 0. The molecule has 1 aromatic heterocycles. The fraction of sp³-hybridized carbons (Fsp3) is 0.231. The molecule has 0 saturated heterocycles. The van der Waals surface area contributed by atoms with Crippen LogP contribution in [0.5, 0.6) is 0 Å². The van der Waals surface area contributed by atoms with Crippen molar-refractivity contribution in [3.05, 3.63) is 47.2 Å². The van der Waals surface area contributed by atoms with Crippen molar-refractivity contribution in [2.24, 2.45) is 0 Å². The zero-order chi connectivity index (χ0) is 14.8. The first-order valence-corrected chi connectivity index (χ1v) is 5.85. The molecule has 2 rings (SSSR count). The van der Waals surface area contributed by atoms with Crippen molar-refractivity contribution in [1.29, 1.82) is 0 Å². The molecule has 0 aliphatic rings. The summed E-state index contributed by atoms with van der Waals surface area (Å²) in [5.41, 5.74) is 6.08. The molecule has 0 fully saturated rings. The van der Waals surface area contributed by atoms with Gasteiger partial charge in [0.1, 0.15) is 5.82 Å². The molecule has 0 aliphatic heterocycles. The zero-order valence-corrected chi connectivity index (χ0v) is 10.7. The van der Waals surface area contributed by atoms with E-state index in [1.165, 1.54) is 6.07 Å². The summed E-state index contributed by atoms with van der Waals surface area (Å²) < 4.78 is 37.8. The first-order chi connectivity index (χ1) is 9.36. The van der Waals surface area contributed by atoms with Gasteiger partial charge in [0, 0.05) is 18.3 Å². The van der Waals surface area contributed by atoms with Gasteiger partial charge in [-0.15, -0.1) is 0 Å². The van der Waals surface area contributed by atoms with E-state index in [-0.39, 0.29) is 12.5 Å². The molecule has 0 spiro atoms. The van der Waals surface area contributed by atoms with Gasteiger partial charge in [0.2, 0.25) is 5.95 Å². The second kappa shape index (κ2) is 5.36. The molecule has 0 atom stereocenters. The first-order valence-electron chi connectivity index (χ1n) is 5.85. The summed E-state index contributed by atoms with van der Waals surface area (Å²) in [6.45, 7) is 2.01. The average Bonchev–Trinajstić information content (AvgIpc) is 2.39. The number of anilines is 2. The van der Waals surface area contributed by atoms with Crippen LogP contribution in [0.25, 0.3) is 0 Å². The Morgan fingerprint density at radius 1 is 1.30 bits per heavy atom. The Hall–Kier alpha value is -2.31. The molecule has 2 aromatic rings. The molecule has 0 aliphatic carbocycles. The lowest BCUT2D eigenvalue weighted by Gasteiger charge is -2.11. The van der Waals surface area contributed by atoms with Crippen LogP contribution in [0.1, 0.15) is 16.7 Å². The quantitative estimate of drug-likeness (QED) is 0.908. The number of nitrogens with two attached hydrogens (primary N) is 1. The number of nitrogens with zero attached hydrogens (tertiary/aromatic N) is 2. The van der Waals surface area contributed by atoms with E-state index in [1.54, 1.807) is 19.2 Å². The second-order valence-electron chi connectivity index (χ2n) is 4.31. The molecule has 0 saturated carbocycles. The Kier molecular flexibility index (Phi) is 3.78. The van der Waals surface area contributed by atoms with Gasteiger partial charge in [-0.3, -0.25) is 0 Å². The number of benzene rings is 1. The Morgan fingerprint density at radius 3 is 2.75 bits per heavy atom. The van der Waals surface area contributed by atoms with Gasteiger partial charge in [-0.1, -0.05) is 12.1 Å². The van der Waals surface area contributed by atoms with Gasteiger partial charge < -0.3 is 11.1 Å². The number of rotatable bonds is 3. The van der Waals surface area contributed by atoms with Gasteiger partial charge in [0.25, 0.3) is 0 Å². The molecule has 0 bridgehead atoms. The molecule has 20 heavy (non-hydrogen) atoms. The lowest BCUT2D eigenvalue weighted by atomic mass is 10.1. The lowest BCUT2D eigenvalue weighted by Crippen LogP contribution is -2.08. The topological polar surface area (TPSA) is 63.8 Å². The Balaban J connectivity index is 2.13. The van der Waals surface area contributed by atoms with Crippen LogP contribution in [-0.4, -0.2) is 9.97 Å². The minimum Gasteiger partial charge on any atom is -0.368 e. The number of aromatic nitrogens is 2. The van der Waals surface area contributed by atoms with E-state index in [2.05, 4.69) is 15.3 Å². The Morgan fingerprint density at radius 2 is 2.05 bits per heavy atom. The number of halogens is 3. The predicted octanol–water partition coefficient (Wildman–Crippen LogP) is 3.00. The van der Waals surface area contributed by atoms with Gasteiger partial charge in [-0.2, -0.15) is 18.2 Å². The fourth-order valence-electron chi connectivity index (χ4n) is 1.68.